The average molecular weight is 704 g/mol. The molecule has 0 saturated carbocycles. The number of hydrogen-bond acceptors (Lipinski definition) is 4. The molecule has 0 radical (unpaired) electrons. The van der Waals surface area contributed by atoms with Gasteiger partial charge in [-0.05, 0) is 68.4 Å². The van der Waals surface area contributed by atoms with Crippen molar-refractivity contribution in [3.63, 3.8) is 0 Å². The SMILES string of the molecule is C1=CC2C=Cc3ccccc3C2C=C1c1nc(-c2ccc3ccccc3c2)nc(-c2cccc3oc4ccc(-c5ccc(-c6ccccc6)cc5)cc4c23)n1. The van der Waals surface area contributed by atoms with Crippen LogP contribution >= 0.6 is 0 Å². The molecule has 11 rings (SSSR count). The first-order valence-electron chi connectivity index (χ1n) is 18.8. The molecule has 55 heavy (non-hydrogen) atoms. The van der Waals surface area contributed by atoms with Crippen LogP contribution in [0.4, 0.5) is 0 Å². The standard InChI is InChI=1S/C51H33N3O/c1-2-9-32(10-3-1)34-17-19-35(20-18-34)39-27-28-46-45(30-39)48-43(15-8-16-47(48)55-46)51-53-49(40-25-21-33-11-4-5-13-38(33)29-40)52-50(54-51)41-26-24-37-23-22-36-12-6-7-14-42(36)44(37)31-41/h1-31,37,44H. The molecular formula is C51H33N3O. The lowest BCUT2D eigenvalue weighted by molar-refractivity contribution is 0.669. The first-order chi connectivity index (χ1) is 27.2. The molecule has 258 valence electrons. The maximum absolute atomic E-state index is 6.48. The van der Waals surface area contributed by atoms with Crippen molar-refractivity contribution < 1.29 is 4.42 Å². The van der Waals surface area contributed by atoms with Crippen molar-refractivity contribution >= 4 is 44.4 Å². The summed E-state index contributed by atoms with van der Waals surface area (Å²) in [6.07, 6.45) is 11.3. The number of benzene rings is 7. The smallest absolute Gasteiger partial charge is 0.164 e. The van der Waals surface area contributed by atoms with Crippen molar-refractivity contribution in [2.24, 2.45) is 5.92 Å². The van der Waals surface area contributed by atoms with Crippen LogP contribution in [0.25, 0.3) is 89.4 Å². The summed E-state index contributed by atoms with van der Waals surface area (Å²) in [7, 11) is 0. The molecule has 2 aliphatic rings. The maximum Gasteiger partial charge on any atom is 0.164 e. The van der Waals surface area contributed by atoms with E-state index in [0.29, 0.717) is 17.5 Å². The van der Waals surface area contributed by atoms with Gasteiger partial charge in [-0.1, -0.05) is 164 Å². The third-order valence-electron chi connectivity index (χ3n) is 11.1. The molecule has 2 heterocycles. The van der Waals surface area contributed by atoms with Gasteiger partial charge in [0.25, 0.3) is 0 Å². The molecule has 2 aliphatic carbocycles. The fraction of sp³-hybridized carbons (Fsp3) is 0.0392. The van der Waals surface area contributed by atoms with E-state index in [9.17, 15) is 0 Å². The lowest BCUT2D eigenvalue weighted by atomic mass is 9.76. The highest BCUT2D eigenvalue weighted by Gasteiger charge is 2.27. The van der Waals surface area contributed by atoms with E-state index in [1.54, 1.807) is 0 Å². The predicted molar refractivity (Wildman–Crippen MR) is 225 cm³/mol. The fourth-order valence-corrected chi connectivity index (χ4v) is 8.27. The van der Waals surface area contributed by atoms with Crippen LogP contribution in [0, 0.1) is 5.92 Å². The van der Waals surface area contributed by atoms with E-state index in [1.807, 2.05) is 18.2 Å². The summed E-state index contributed by atoms with van der Waals surface area (Å²) in [5, 5.41) is 4.32. The normalized spacial score (nSPS) is 16.0. The summed E-state index contributed by atoms with van der Waals surface area (Å²) < 4.78 is 6.48. The highest BCUT2D eigenvalue weighted by Crippen LogP contribution is 2.42. The summed E-state index contributed by atoms with van der Waals surface area (Å²) in [5.41, 5.74) is 11.7. The third kappa shape index (κ3) is 5.50. The minimum atomic E-state index is 0.201. The second-order valence-corrected chi connectivity index (χ2v) is 14.4. The van der Waals surface area contributed by atoms with Gasteiger partial charge < -0.3 is 4.42 Å². The number of rotatable bonds is 5. The molecule has 0 saturated heterocycles. The van der Waals surface area contributed by atoms with Crippen molar-refractivity contribution in [1.29, 1.82) is 0 Å². The van der Waals surface area contributed by atoms with Crippen LogP contribution in [-0.4, -0.2) is 15.0 Å². The summed E-state index contributed by atoms with van der Waals surface area (Å²) in [6, 6.07) is 55.3. The number of nitrogens with zero attached hydrogens (tertiary/aromatic N) is 3. The number of fused-ring (bicyclic) bond motifs is 7. The van der Waals surface area contributed by atoms with E-state index in [1.165, 1.54) is 27.6 Å². The van der Waals surface area contributed by atoms with Crippen LogP contribution in [0.2, 0.25) is 0 Å². The van der Waals surface area contributed by atoms with Gasteiger partial charge >= 0.3 is 0 Å². The minimum Gasteiger partial charge on any atom is -0.456 e. The van der Waals surface area contributed by atoms with E-state index >= 15 is 0 Å². The molecule has 0 fully saturated rings. The number of hydrogen-bond donors (Lipinski definition) is 0. The lowest BCUT2D eigenvalue weighted by Crippen LogP contribution is -2.15. The van der Waals surface area contributed by atoms with E-state index < -0.39 is 0 Å². The van der Waals surface area contributed by atoms with Gasteiger partial charge in [0.1, 0.15) is 11.2 Å². The van der Waals surface area contributed by atoms with Crippen molar-refractivity contribution in [2.45, 2.75) is 5.92 Å². The summed E-state index contributed by atoms with van der Waals surface area (Å²) in [5.74, 6) is 2.38. The highest BCUT2D eigenvalue weighted by atomic mass is 16.3. The van der Waals surface area contributed by atoms with Crippen LogP contribution in [0.1, 0.15) is 22.9 Å². The summed E-state index contributed by atoms with van der Waals surface area (Å²) in [4.78, 5) is 15.7. The van der Waals surface area contributed by atoms with Gasteiger partial charge in [-0.3, -0.25) is 0 Å². The van der Waals surface area contributed by atoms with E-state index in [4.69, 9.17) is 19.4 Å². The zero-order chi connectivity index (χ0) is 36.3. The molecular weight excluding hydrogens is 671 g/mol. The Bertz CT molecular complexity index is 3040. The van der Waals surface area contributed by atoms with Crippen LogP contribution in [0.15, 0.2) is 186 Å². The van der Waals surface area contributed by atoms with E-state index in [-0.39, 0.29) is 11.8 Å². The molecule has 0 amide bonds. The van der Waals surface area contributed by atoms with Crippen LogP contribution in [0.3, 0.4) is 0 Å². The Morgan fingerprint density at radius 2 is 1.15 bits per heavy atom. The monoisotopic (exact) mass is 703 g/mol. The Morgan fingerprint density at radius 3 is 2.04 bits per heavy atom. The molecule has 0 N–H and O–H groups in total. The molecule has 4 nitrogen and oxygen atoms in total. The lowest BCUT2D eigenvalue weighted by Gasteiger charge is -2.28. The Morgan fingerprint density at radius 1 is 0.455 bits per heavy atom. The Labute approximate surface area is 318 Å². The molecule has 0 aliphatic heterocycles. The largest absolute Gasteiger partial charge is 0.456 e. The van der Waals surface area contributed by atoms with Crippen molar-refractivity contribution in [3.8, 4) is 45.0 Å². The second kappa shape index (κ2) is 12.8. The van der Waals surface area contributed by atoms with E-state index in [2.05, 4.69) is 170 Å². The summed E-state index contributed by atoms with van der Waals surface area (Å²) in [6.45, 7) is 0. The third-order valence-corrected chi connectivity index (χ3v) is 11.1. The molecule has 7 aromatic carbocycles. The maximum atomic E-state index is 6.48. The molecule has 0 spiro atoms. The van der Waals surface area contributed by atoms with Gasteiger partial charge in [0, 0.05) is 39.3 Å². The fourth-order valence-electron chi connectivity index (χ4n) is 8.27. The highest BCUT2D eigenvalue weighted by molar-refractivity contribution is 6.12. The zero-order valence-electron chi connectivity index (χ0n) is 29.8. The first-order valence-corrected chi connectivity index (χ1v) is 18.8. The molecule has 9 aromatic rings. The number of aromatic nitrogens is 3. The average Bonchev–Trinajstić information content (AvgIpc) is 3.64. The van der Waals surface area contributed by atoms with Gasteiger partial charge in [0.15, 0.2) is 17.5 Å². The van der Waals surface area contributed by atoms with Crippen LogP contribution < -0.4 is 0 Å². The Balaban J connectivity index is 1.07. The van der Waals surface area contributed by atoms with E-state index in [0.717, 1.165) is 55.2 Å². The number of allylic oxidation sites excluding steroid dienone is 5. The Kier molecular flexibility index (Phi) is 7.27. The van der Waals surface area contributed by atoms with Crippen molar-refractivity contribution in [1.82, 2.24) is 15.0 Å². The topological polar surface area (TPSA) is 51.8 Å². The zero-order valence-corrected chi connectivity index (χ0v) is 29.8. The van der Waals surface area contributed by atoms with Crippen LogP contribution in [-0.2, 0) is 0 Å². The van der Waals surface area contributed by atoms with Crippen LogP contribution in [0.5, 0.6) is 0 Å². The predicted octanol–water partition coefficient (Wildman–Crippen LogP) is 13.0. The van der Waals surface area contributed by atoms with Crippen molar-refractivity contribution in [2.75, 3.05) is 0 Å². The van der Waals surface area contributed by atoms with Gasteiger partial charge in [-0.25, -0.2) is 15.0 Å². The van der Waals surface area contributed by atoms with Gasteiger partial charge in [0.05, 0.1) is 0 Å². The van der Waals surface area contributed by atoms with Gasteiger partial charge in [-0.2, -0.15) is 0 Å². The quantitative estimate of drug-likeness (QED) is 0.179. The molecule has 4 heteroatoms. The van der Waals surface area contributed by atoms with Crippen molar-refractivity contribution in [3.05, 3.63) is 199 Å². The summed E-state index contributed by atoms with van der Waals surface area (Å²) >= 11 is 0. The number of furan rings is 1. The molecule has 2 unspecified atom stereocenters. The first kappa shape index (κ1) is 31.4. The molecule has 2 aromatic heterocycles. The molecule has 0 bridgehead atoms. The second-order valence-electron chi connectivity index (χ2n) is 14.4. The minimum absolute atomic E-state index is 0.201. The molecule has 2 atom stereocenters. The van der Waals surface area contributed by atoms with Gasteiger partial charge in [-0.15, -0.1) is 0 Å². The Hall–Kier alpha value is -7.17. The van der Waals surface area contributed by atoms with Gasteiger partial charge in [0.2, 0.25) is 0 Å².